The molecular weight excluding hydrogens is 372 g/mol. The number of benzene rings is 2. The minimum atomic E-state index is -0.460. The van der Waals surface area contributed by atoms with Crippen molar-refractivity contribution in [2.45, 2.75) is 5.92 Å². The molecule has 3 aromatic rings. The van der Waals surface area contributed by atoms with Gasteiger partial charge in [-0.05, 0) is 35.9 Å². The molecule has 144 valence electrons. The largest absolute Gasteiger partial charge is 0.497 e. The monoisotopic (exact) mass is 388 g/mol. The summed E-state index contributed by atoms with van der Waals surface area (Å²) in [6.07, 6.45) is 0. The standard InChI is InChI=1S/C21H16N4O4/c1-26-13-4-2-3-11(7-13)17-14(9-22)20(23)29-21-18(17)19(24-25-21)12-5-6-15-16(8-12)28-10-27-15/h2-8,17H,10,23H2,1H3,(H,24,25). The number of fused-ring (bicyclic) bond motifs is 2. The third-order valence-corrected chi connectivity index (χ3v) is 5.03. The van der Waals surface area contributed by atoms with Crippen LogP contribution in [0.5, 0.6) is 23.1 Å². The van der Waals surface area contributed by atoms with Gasteiger partial charge in [-0.2, -0.15) is 5.26 Å². The number of H-pyrrole nitrogens is 1. The zero-order chi connectivity index (χ0) is 20.0. The Morgan fingerprint density at radius 1 is 1.21 bits per heavy atom. The summed E-state index contributed by atoms with van der Waals surface area (Å²) in [6, 6.07) is 15.3. The van der Waals surface area contributed by atoms with Gasteiger partial charge in [-0.25, -0.2) is 0 Å². The number of allylic oxidation sites excluding steroid dienone is 1. The van der Waals surface area contributed by atoms with E-state index in [1.807, 2.05) is 42.5 Å². The van der Waals surface area contributed by atoms with Gasteiger partial charge in [-0.3, -0.25) is 5.10 Å². The molecule has 1 atom stereocenters. The fraction of sp³-hybridized carbons (Fsp3) is 0.143. The second-order valence-corrected chi connectivity index (χ2v) is 6.59. The van der Waals surface area contributed by atoms with Crippen molar-refractivity contribution in [1.29, 1.82) is 5.26 Å². The lowest BCUT2D eigenvalue weighted by atomic mass is 9.83. The molecule has 0 saturated heterocycles. The first-order chi connectivity index (χ1) is 14.2. The number of hydrogen-bond donors (Lipinski definition) is 2. The van der Waals surface area contributed by atoms with Crippen LogP contribution in [-0.2, 0) is 0 Å². The molecule has 1 aromatic heterocycles. The van der Waals surface area contributed by atoms with E-state index >= 15 is 0 Å². The third kappa shape index (κ3) is 2.63. The number of ether oxygens (including phenoxy) is 4. The number of hydrogen-bond acceptors (Lipinski definition) is 7. The van der Waals surface area contributed by atoms with E-state index in [1.165, 1.54) is 0 Å². The third-order valence-electron chi connectivity index (χ3n) is 5.03. The Morgan fingerprint density at radius 2 is 2.07 bits per heavy atom. The van der Waals surface area contributed by atoms with Gasteiger partial charge in [-0.1, -0.05) is 12.1 Å². The number of nitriles is 1. The topological polar surface area (TPSA) is 115 Å². The zero-order valence-electron chi connectivity index (χ0n) is 15.4. The maximum atomic E-state index is 9.80. The van der Waals surface area contributed by atoms with Gasteiger partial charge in [0.2, 0.25) is 18.6 Å². The molecule has 3 N–H and O–H groups in total. The second kappa shape index (κ2) is 6.49. The predicted molar refractivity (Wildman–Crippen MR) is 102 cm³/mol. The Hall–Kier alpha value is -4.12. The fourth-order valence-corrected chi connectivity index (χ4v) is 3.67. The summed E-state index contributed by atoms with van der Waals surface area (Å²) in [5.74, 6) is 1.93. The Balaban J connectivity index is 1.70. The first-order valence-corrected chi connectivity index (χ1v) is 8.89. The molecule has 2 aliphatic rings. The highest BCUT2D eigenvalue weighted by Crippen LogP contribution is 2.47. The smallest absolute Gasteiger partial charge is 0.244 e. The summed E-state index contributed by atoms with van der Waals surface area (Å²) in [6.45, 7) is 0.188. The number of nitrogens with zero attached hydrogens (tertiary/aromatic N) is 2. The van der Waals surface area contributed by atoms with Crippen LogP contribution in [0.2, 0.25) is 0 Å². The number of nitrogens with two attached hydrogens (primary N) is 1. The molecule has 2 aliphatic heterocycles. The summed E-state index contributed by atoms with van der Waals surface area (Å²) in [4.78, 5) is 0. The van der Waals surface area contributed by atoms with Crippen molar-refractivity contribution in [3.63, 3.8) is 0 Å². The summed E-state index contributed by atoms with van der Waals surface area (Å²) in [5, 5.41) is 17.1. The minimum absolute atomic E-state index is 0.0385. The van der Waals surface area contributed by atoms with Crippen molar-refractivity contribution < 1.29 is 18.9 Å². The van der Waals surface area contributed by atoms with Crippen molar-refractivity contribution in [3.05, 3.63) is 65.0 Å². The zero-order valence-corrected chi connectivity index (χ0v) is 15.4. The van der Waals surface area contributed by atoms with E-state index in [0.717, 1.165) is 16.7 Å². The number of methoxy groups -OCH3 is 1. The van der Waals surface area contributed by atoms with Gasteiger partial charge in [0, 0.05) is 5.56 Å². The Bertz CT molecular complexity index is 1190. The molecule has 0 aliphatic carbocycles. The van der Waals surface area contributed by atoms with Crippen LogP contribution in [-0.4, -0.2) is 24.1 Å². The molecule has 1 unspecified atom stereocenters. The molecule has 0 radical (unpaired) electrons. The normalized spacial score (nSPS) is 16.8. The second-order valence-electron chi connectivity index (χ2n) is 6.59. The van der Waals surface area contributed by atoms with E-state index in [0.29, 0.717) is 34.4 Å². The van der Waals surface area contributed by atoms with E-state index in [4.69, 9.17) is 24.7 Å². The van der Waals surface area contributed by atoms with Crippen LogP contribution in [0.3, 0.4) is 0 Å². The molecule has 8 heteroatoms. The molecule has 0 amide bonds. The molecule has 0 spiro atoms. The van der Waals surface area contributed by atoms with Gasteiger partial charge in [0.1, 0.15) is 17.4 Å². The van der Waals surface area contributed by atoms with Crippen LogP contribution >= 0.6 is 0 Å². The van der Waals surface area contributed by atoms with Crippen molar-refractivity contribution >= 4 is 0 Å². The van der Waals surface area contributed by atoms with Crippen LogP contribution in [0.1, 0.15) is 17.0 Å². The highest BCUT2D eigenvalue weighted by atomic mass is 16.7. The molecule has 0 saturated carbocycles. The van der Waals surface area contributed by atoms with Crippen molar-refractivity contribution in [2.75, 3.05) is 13.9 Å². The average molecular weight is 388 g/mol. The Labute approximate surface area is 166 Å². The summed E-state index contributed by atoms with van der Waals surface area (Å²) in [5.41, 5.74) is 9.47. The molecule has 2 aromatic carbocycles. The van der Waals surface area contributed by atoms with Crippen LogP contribution in [0.25, 0.3) is 11.3 Å². The Morgan fingerprint density at radius 3 is 2.90 bits per heavy atom. The SMILES string of the molecule is COc1cccc(C2C(C#N)=C(N)Oc3n[nH]c(-c4ccc5c(c4)OCO5)c32)c1. The van der Waals surface area contributed by atoms with Gasteiger partial charge < -0.3 is 24.7 Å². The average Bonchev–Trinajstić information content (AvgIpc) is 3.38. The van der Waals surface area contributed by atoms with Gasteiger partial charge in [-0.15, -0.1) is 5.10 Å². The molecule has 8 nitrogen and oxygen atoms in total. The lowest BCUT2D eigenvalue weighted by Crippen LogP contribution is -2.21. The lowest BCUT2D eigenvalue weighted by Gasteiger charge is -2.24. The number of aromatic amines is 1. The van der Waals surface area contributed by atoms with Crippen molar-refractivity contribution in [1.82, 2.24) is 10.2 Å². The quantitative estimate of drug-likeness (QED) is 0.708. The molecular formula is C21H16N4O4. The van der Waals surface area contributed by atoms with E-state index in [1.54, 1.807) is 7.11 Å². The van der Waals surface area contributed by atoms with Gasteiger partial charge in [0.15, 0.2) is 11.5 Å². The molecule has 5 rings (SSSR count). The number of aromatic nitrogens is 2. The van der Waals surface area contributed by atoms with E-state index < -0.39 is 5.92 Å². The highest BCUT2D eigenvalue weighted by Gasteiger charge is 2.36. The molecule has 0 fully saturated rings. The maximum absolute atomic E-state index is 9.80. The summed E-state index contributed by atoms with van der Waals surface area (Å²) in [7, 11) is 1.60. The van der Waals surface area contributed by atoms with Crippen molar-refractivity contribution in [3.8, 4) is 40.5 Å². The number of nitrogens with one attached hydrogen (secondary N) is 1. The van der Waals surface area contributed by atoms with Gasteiger partial charge in [0.05, 0.1) is 24.3 Å². The first kappa shape index (κ1) is 17.0. The van der Waals surface area contributed by atoms with E-state index in [2.05, 4.69) is 16.3 Å². The predicted octanol–water partition coefficient (Wildman–Crippen LogP) is 3.03. The Kier molecular flexibility index (Phi) is 3.81. The summed E-state index contributed by atoms with van der Waals surface area (Å²) >= 11 is 0. The number of rotatable bonds is 3. The van der Waals surface area contributed by atoms with Crippen LogP contribution in [0, 0.1) is 11.3 Å². The van der Waals surface area contributed by atoms with Gasteiger partial charge >= 0.3 is 0 Å². The molecule has 3 heterocycles. The van der Waals surface area contributed by atoms with Crippen LogP contribution in [0.4, 0.5) is 0 Å². The lowest BCUT2D eigenvalue weighted by molar-refractivity contribution is 0.174. The van der Waals surface area contributed by atoms with E-state index in [9.17, 15) is 5.26 Å². The van der Waals surface area contributed by atoms with Gasteiger partial charge in [0.25, 0.3) is 0 Å². The van der Waals surface area contributed by atoms with Crippen LogP contribution in [0.15, 0.2) is 53.9 Å². The molecule has 29 heavy (non-hydrogen) atoms. The summed E-state index contributed by atoms with van der Waals surface area (Å²) < 4.78 is 21.9. The fourth-order valence-electron chi connectivity index (χ4n) is 3.67. The molecule has 0 bridgehead atoms. The highest BCUT2D eigenvalue weighted by molar-refractivity contribution is 5.73. The van der Waals surface area contributed by atoms with Crippen LogP contribution < -0.4 is 24.7 Å². The minimum Gasteiger partial charge on any atom is -0.497 e. The first-order valence-electron chi connectivity index (χ1n) is 8.89. The van der Waals surface area contributed by atoms with E-state index in [-0.39, 0.29) is 12.7 Å². The maximum Gasteiger partial charge on any atom is 0.244 e. The van der Waals surface area contributed by atoms with Crippen molar-refractivity contribution in [2.24, 2.45) is 5.73 Å².